The van der Waals surface area contributed by atoms with Gasteiger partial charge in [-0.3, -0.25) is 0 Å². The zero-order valence-corrected chi connectivity index (χ0v) is 8.41. The molecule has 0 saturated carbocycles. The van der Waals surface area contributed by atoms with Crippen molar-refractivity contribution < 1.29 is 14.6 Å². The van der Waals surface area contributed by atoms with Crippen LogP contribution < -0.4 is 0 Å². The van der Waals surface area contributed by atoms with E-state index in [1.165, 1.54) is 0 Å². The van der Waals surface area contributed by atoms with Gasteiger partial charge in [0.05, 0.1) is 0 Å². The number of aliphatic hydroxyl groups is 1. The Hall–Kier alpha value is -0.870. The van der Waals surface area contributed by atoms with Crippen molar-refractivity contribution in [1.29, 1.82) is 0 Å². The largest absolute Gasteiger partial charge is 0.435 e. The van der Waals surface area contributed by atoms with E-state index < -0.39 is 12.8 Å². The molecule has 0 aliphatic rings. The number of esters is 1. The monoisotopic (exact) mass is 187 g/mol. The van der Waals surface area contributed by atoms with Gasteiger partial charge in [0.25, 0.3) is 0 Å². The lowest BCUT2D eigenvalue weighted by molar-refractivity contribution is -0.147. The molecule has 1 N–H and O–H groups in total. The highest BCUT2D eigenvalue weighted by molar-refractivity contribution is 5.89. The average molecular weight is 187 g/mol. The lowest BCUT2D eigenvalue weighted by Crippen LogP contribution is -2.32. The minimum absolute atomic E-state index is 0.0287. The second kappa shape index (κ2) is 5.72. The van der Waals surface area contributed by atoms with Crippen LogP contribution >= 0.6 is 0 Å². The van der Waals surface area contributed by atoms with Gasteiger partial charge < -0.3 is 14.7 Å². The standard InChI is InChI=1S/C9H17NO3/c1-5-8(10(3)4)7(2)9(12)13-6-11/h8,11H,2,5-6H2,1,3-4H3. The van der Waals surface area contributed by atoms with Gasteiger partial charge in [0.1, 0.15) is 0 Å². The molecule has 0 aliphatic heterocycles. The first-order chi connectivity index (χ1) is 6.04. The molecule has 0 aliphatic carbocycles. The molecular formula is C9H17NO3. The fourth-order valence-electron chi connectivity index (χ4n) is 1.21. The smallest absolute Gasteiger partial charge is 0.337 e. The summed E-state index contributed by atoms with van der Waals surface area (Å²) in [7, 11) is 3.73. The maximum atomic E-state index is 11.1. The summed E-state index contributed by atoms with van der Waals surface area (Å²) in [6.07, 6.45) is 0.784. The van der Waals surface area contributed by atoms with Crippen molar-refractivity contribution >= 4 is 5.97 Å². The van der Waals surface area contributed by atoms with Crippen LogP contribution in [0.2, 0.25) is 0 Å². The van der Waals surface area contributed by atoms with Gasteiger partial charge in [-0.15, -0.1) is 0 Å². The molecule has 13 heavy (non-hydrogen) atoms. The number of carbonyl (C=O) groups is 1. The van der Waals surface area contributed by atoms with E-state index in [2.05, 4.69) is 11.3 Å². The lowest BCUT2D eigenvalue weighted by atomic mass is 10.1. The Morgan fingerprint density at radius 2 is 2.15 bits per heavy atom. The molecule has 0 rings (SSSR count). The van der Waals surface area contributed by atoms with Crippen LogP contribution in [0.15, 0.2) is 12.2 Å². The van der Waals surface area contributed by atoms with E-state index in [-0.39, 0.29) is 6.04 Å². The van der Waals surface area contributed by atoms with Crippen LogP contribution in [0.5, 0.6) is 0 Å². The van der Waals surface area contributed by atoms with Crippen molar-refractivity contribution in [3.8, 4) is 0 Å². The molecule has 0 fully saturated rings. The lowest BCUT2D eigenvalue weighted by Gasteiger charge is -2.23. The van der Waals surface area contributed by atoms with Gasteiger partial charge in [-0.25, -0.2) is 4.79 Å². The van der Waals surface area contributed by atoms with Gasteiger partial charge in [-0.2, -0.15) is 0 Å². The predicted molar refractivity (Wildman–Crippen MR) is 50.1 cm³/mol. The summed E-state index contributed by atoms with van der Waals surface area (Å²) >= 11 is 0. The number of hydrogen-bond donors (Lipinski definition) is 1. The Kier molecular flexibility index (Phi) is 5.34. The summed E-state index contributed by atoms with van der Waals surface area (Å²) in [6, 6.07) is -0.0287. The van der Waals surface area contributed by atoms with Crippen molar-refractivity contribution in [3.05, 3.63) is 12.2 Å². The SMILES string of the molecule is C=C(C(=O)OCO)C(CC)N(C)C. The zero-order chi connectivity index (χ0) is 10.4. The van der Waals surface area contributed by atoms with Crippen LogP contribution in [-0.4, -0.2) is 42.9 Å². The number of carbonyl (C=O) groups excluding carboxylic acids is 1. The fraction of sp³-hybridized carbons (Fsp3) is 0.667. The molecule has 76 valence electrons. The highest BCUT2D eigenvalue weighted by Gasteiger charge is 2.19. The number of hydrogen-bond acceptors (Lipinski definition) is 4. The van der Waals surface area contributed by atoms with Gasteiger partial charge in [0.2, 0.25) is 0 Å². The Morgan fingerprint density at radius 1 is 1.62 bits per heavy atom. The number of ether oxygens (including phenoxy) is 1. The highest BCUT2D eigenvalue weighted by Crippen LogP contribution is 2.10. The number of rotatable bonds is 5. The summed E-state index contributed by atoms with van der Waals surface area (Å²) in [6.45, 7) is 5.00. The normalized spacial score (nSPS) is 12.7. The maximum Gasteiger partial charge on any atom is 0.337 e. The molecule has 0 amide bonds. The Labute approximate surface area is 78.8 Å². The summed E-state index contributed by atoms with van der Waals surface area (Å²) < 4.78 is 4.43. The van der Waals surface area contributed by atoms with Crippen molar-refractivity contribution in [2.75, 3.05) is 20.9 Å². The van der Waals surface area contributed by atoms with E-state index in [1.807, 2.05) is 25.9 Å². The van der Waals surface area contributed by atoms with Crippen LogP contribution in [0.25, 0.3) is 0 Å². The van der Waals surface area contributed by atoms with Crippen LogP contribution in [0, 0.1) is 0 Å². The zero-order valence-electron chi connectivity index (χ0n) is 8.41. The summed E-state index contributed by atoms with van der Waals surface area (Å²) in [5, 5.41) is 8.38. The van der Waals surface area contributed by atoms with E-state index in [0.29, 0.717) is 5.57 Å². The average Bonchev–Trinajstić information content (AvgIpc) is 2.05. The molecule has 0 saturated heterocycles. The van der Waals surface area contributed by atoms with Crippen molar-refractivity contribution in [1.82, 2.24) is 4.90 Å². The number of nitrogens with zero attached hydrogens (tertiary/aromatic N) is 1. The van der Waals surface area contributed by atoms with Crippen LogP contribution in [0.3, 0.4) is 0 Å². The van der Waals surface area contributed by atoms with Gasteiger partial charge in [0, 0.05) is 11.6 Å². The molecule has 0 spiro atoms. The van der Waals surface area contributed by atoms with Crippen LogP contribution in [-0.2, 0) is 9.53 Å². The molecule has 0 aromatic carbocycles. The molecule has 4 nitrogen and oxygen atoms in total. The van der Waals surface area contributed by atoms with Gasteiger partial charge in [-0.1, -0.05) is 13.5 Å². The topological polar surface area (TPSA) is 49.8 Å². The molecule has 0 aromatic heterocycles. The van der Waals surface area contributed by atoms with Crippen LogP contribution in [0.4, 0.5) is 0 Å². The molecule has 1 atom stereocenters. The Morgan fingerprint density at radius 3 is 2.46 bits per heavy atom. The van der Waals surface area contributed by atoms with Gasteiger partial charge >= 0.3 is 5.97 Å². The van der Waals surface area contributed by atoms with Gasteiger partial charge in [-0.05, 0) is 20.5 Å². The molecule has 1 unspecified atom stereocenters. The number of likely N-dealkylation sites (N-methyl/N-ethyl adjacent to an activating group) is 1. The molecular weight excluding hydrogens is 170 g/mol. The van der Waals surface area contributed by atoms with Crippen molar-refractivity contribution in [2.24, 2.45) is 0 Å². The fourth-order valence-corrected chi connectivity index (χ4v) is 1.21. The van der Waals surface area contributed by atoms with Crippen molar-refractivity contribution in [3.63, 3.8) is 0 Å². The second-order valence-corrected chi connectivity index (χ2v) is 2.97. The molecule has 0 aromatic rings. The van der Waals surface area contributed by atoms with Crippen molar-refractivity contribution in [2.45, 2.75) is 19.4 Å². The van der Waals surface area contributed by atoms with E-state index in [1.54, 1.807) is 0 Å². The molecule has 0 bridgehead atoms. The summed E-state index contributed by atoms with van der Waals surface area (Å²) in [5.41, 5.74) is 0.376. The van der Waals surface area contributed by atoms with E-state index in [9.17, 15) is 4.79 Å². The molecule has 4 heteroatoms. The Bertz CT molecular complexity index is 189. The third-order valence-electron chi connectivity index (χ3n) is 1.87. The number of aliphatic hydroxyl groups excluding tert-OH is 1. The Balaban J connectivity index is 4.28. The first kappa shape index (κ1) is 12.1. The van der Waals surface area contributed by atoms with Crippen LogP contribution in [0.1, 0.15) is 13.3 Å². The second-order valence-electron chi connectivity index (χ2n) is 2.97. The van der Waals surface area contributed by atoms with E-state index in [0.717, 1.165) is 6.42 Å². The third kappa shape index (κ3) is 3.57. The molecule has 0 heterocycles. The maximum absolute atomic E-state index is 11.1. The van der Waals surface area contributed by atoms with E-state index in [4.69, 9.17) is 5.11 Å². The first-order valence-corrected chi connectivity index (χ1v) is 4.17. The minimum atomic E-state index is -0.596. The summed E-state index contributed by atoms with van der Waals surface area (Å²) in [4.78, 5) is 13.0. The highest BCUT2D eigenvalue weighted by atomic mass is 16.6. The minimum Gasteiger partial charge on any atom is -0.435 e. The van der Waals surface area contributed by atoms with E-state index >= 15 is 0 Å². The first-order valence-electron chi connectivity index (χ1n) is 4.17. The molecule has 0 radical (unpaired) electrons. The quantitative estimate of drug-likeness (QED) is 0.384. The summed E-state index contributed by atoms with van der Waals surface area (Å²) in [5.74, 6) is -0.539. The predicted octanol–water partition coefficient (Wildman–Crippen LogP) is 0.376. The van der Waals surface area contributed by atoms with Gasteiger partial charge in [0.15, 0.2) is 6.79 Å². The third-order valence-corrected chi connectivity index (χ3v) is 1.87.